The number of rotatable bonds is 0. The Kier molecular flexibility index (Phi) is 10.5. The van der Waals surface area contributed by atoms with Gasteiger partial charge in [-0.2, -0.15) is 0 Å². The molecule has 0 unspecified atom stereocenters. The summed E-state index contributed by atoms with van der Waals surface area (Å²) in [5, 5.41) is 0. The van der Waals surface area contributed by atoms with Gasteiger partial charge in [0.15, 0.2) is 0 Å². The molecule has 0 aromatic carbocycles. The van der Waals surface area contributed by atoms with E-state index in [0.29, 0.717) is 0 Å². The van der Waals surface area contributed by atoms with Crippen LogP contribution in [0.5, 0.6) is 0 Å². The van der Waals surface area contributed by atoms with Crippen LogP contribution in [0.1, 0.15) is 0 Å². The first-order chi connectivity index (χ1) is 2.00. The first-order valence-corrected chi connectivity index (χ1v) is 2.45. The molecule has 0 aromatic heterocycles. The molecule has 0 bridgehead atoms. The third-order valence-corrected chi connectivity index (χ3v) is 0. The average Bonchev–Trinajstić information content (AvgIpc) is 0.722. The SMILES string of the molecule is O.[Mn].[O-][Si]([O-])([O-])[O-]. The second-order valence-electron chi connectivity index (χ2n) is 0.500. The van der Waals surface area contributed by atoms with Crippen LogP contribution in [0.2, 0.25) is 0 Å². The Morgan fingerprint density at radius 1 is 0.857 bits per heavy atom. The van der Waals surface area contributed by atoms with Gasteiger partial charge in [-0.15, -0.1) is 0 Å². The molecule has 0 aliphatic carbocycles. The van der Waals surface area contributed by atoms with Crippen LogP contribution in [0.4, 0.5) is 0 Å². The first-order valence-electron chi connectivity index (χ1n) is 0.816. The predicted molar refractivity (Wildman–Crippen MR) is 9.37 cm³/mol. The smallest absolute Gasteiger partial charge is 0 e. The van der Waals surface area contributed by atoms with Crippen LogP contribution in [0.3, 0.4) is 0 Å². The van der Waals surface area contributed by atoms with Gasteiger partial charge >= 0.3 is 0 Å². The molecule has 0 atom stereocenters. The molecule has 0 aromatic rings. The summed E-state index contributed by atoms with van der Waals surface area (Å²) in [6.45, 7) is 0. The summed E-state index contributed by atoms with van der Waals surface area (Å²) in [5.41, 5.74) is 0. The van der Waals surface area contributed by atoms with E-state index in [4.69, 9.17) is 19.2 Å². The number of hydrogen-bond acceptors (Lipinski definition) is 4. The Morgan fingerprint density at radius 3 is 0.857 bits per heavy atom. The second kappa shape index (κ2) is 4.69. The van der Waals surface area contributed by atoms with Crippen molar-refractivity contribution in [3.05, 3.63) is 0 Å². The molecule has 7 heavy (non-hydrogen) atoms. The molecule has 0 spiro atoms. The van der Waals surface area contributed by atoms with E-state index in [9.17, 15) is 0 Å². The van der Waals surface area contributed by atoms with Gasteiger partial charge in [-0.05, 0) is 0 Å². The minimum Gasteiger partial charge on any atom is -0.894 e. The summed E-state index contributed by atoms with van der Waals surface area (Å²) in [4.78, 5) is 34.3. The van der Waals surface area contributed by atoms with Crippen LogP contribution in [-0.2, 0) is 17.1 Å². The van der Waals surface area contributed by atoms with Gasteiger partial charge in [0.1, 0.15) is 0 Å². The summed E-state index contributed by atoms with van der Waals surface area (Å²) in [6, 6.07) is 0. The van der Waals surface area contributed by atoms with E-state index < -0.39 is 9.05 Å². The summed E-state index contributed by atoms with van der Waals surface area (Å²) in [6.07, 6.45) is 0. The molecule has 1 radical (unpaired) electrons. The van der Waals surface area contributed by atoms with Crippen LogP contribution < -0.4 is 19.2 Å². The third kappa shape index (κ3) is 468. The van der Waals surface area contributed by atoms with Crippen molar-refractivity contribution in [2.24, 2.45) is 0 Å². The summed E-state index contributed by atoms with van der Waals surface area (Å²) < 4.78 is 0. The van der Waals surface area contributed by atoms with Gasteiger partial charge in [0, 0.05) is 17.1 Å². The van der Waals surface area contributed by atoms with Crippen molar-refractivity contribution in [1.29, 1.82) is 0 Å². The largest absolute Gasteiger partial charge is 0.894 e. The standard InChI is InChI=1S/Mn.O4Si.H2O/c;1-5(2,3)4;/h;;1H2/q;-4;. The van der Waals surface area contributed by atoms with Gasteiger partial charge in [-0.25, -0.2) is 0 Å². The Balaban J connectivity index is -0.0000000800. The molecular formula is H2MnO5Si-4. The Morgan fingerprint density at radius 2 is 0.857 bits per heavy atom. The van der Waals surface area contributed by atoms with Gasteiger partial charge in [0.05, 0.1) is 0 Å². The monoisotopic (exact) mass is 165 g/mol. The maximum Gasteiger partial charge on any atom is 0 e. The van der Waals surface area contributed by atoms with E-state index in [1.165, 1.54) is 0 Å². The topological polar surface area (TPSA) is 124 Å². The van der Waals surface area contributed by atoms with Gasteiger partial charge in [0.25, 0.3) is 0 Å². The average molecular weight is 165 g/mol. The van der Waals surface area contributed by atoms with Gasteiger partial charge < -0.3 is 33.7 Å². The first kappa shape index (κ1) is 15.6. The minimum atomic E-state index is -5.61. The Hall–Kier alpha value is 0.536. The van der Waals surface area contributed by atoms with Crippen molar-refractivity contribution in [2.45, 2.75) is 0 Å². The molecule has 0 saturated heterocycles. The number of hydrogen-bond donors (Lipinski definition) is 0. The maximum absolute atomic E-state index is 8.58. The summed E-state index contributed by atoms with van der Waals surface area (Å²) >= 11 is 0. The summed E-state index contributed by atoms with van der Waals surface area (Å²) in [5.74, 6) is 0. The molecule has 0 amide bonds. The second-order valence-corrected chi connectivity index (χ2v) is 1.50. The molecule has 5 nitrogen and oxygen atoms in total. The fourth-order valence-corrected chi connectivity index (χ4v) is 0. The molecular weight excluding hydrogens is 163 g/mol. The molecule has 0 fully saturated rings. The zero-order chi connectivity index (χ0) is 4.50. The van der Waals surface area contributed by atoms with Crippen LogP contribution in [0, 0.1) is 0 Å². The predicted octanol–water partition coefficient (Wildman–Crippen LogP) is -5.96. The van der Waals surface area contributed by atoms with Crippen molar-refractivity contribution < 1.29 is 41.7 Å². The van der Waals surface area contributed by atoms with E-state index in [1.807, 2.05) is 0 Å². The zero-order valence-corrected chi connectivity index (χ0v) is 5.19. The normalized spacial score (nSPS) is 8.57. The van der Waals surface area contributed by atoms with Crippen LogP contribution in [0.25, 0.3) is 0 Å². The third-order valence-electron chi connectivity index (χ3n) is 0. The van der Waals surface area contributed by atoms with Crippen LogP contribution in [-0.4, -0.2) is 14.5 Å². The maximum atomic E-state index is 8.58. The van der Waals surface area contributed by atoms with Crippen LogP contribution in [0.15, 0.2) is 0 Å². The quantitative estimate of drug-likeness (QED) is 0.331. The molecule has 0 aliphatic rings. The van der Waals surface area contributed by atoms with Crippen molar-refractivity contribution in [1.82, 2.24) is 0 Å². The van der Waals surface area contributed by atoms with Crippen molar-refractivity contribution in [2.75, 3.05) is 0 Å². The zero-order valence-electron chi connectivity index (χ0n) is 3.01. The van der Waals surface area contributed by atoms with Crippen molar-refractivity contribution >= 4 is 9.05 Å². The van der Waals surface area contributed by atoms with Crippen LogP contribution >= 0.6 is 0 Å². The van der Waals surface area contributed by atoms with E-state index in [-0.39, 0.29) is 22.5 Å². The Labute approximate surface area is 51.5 Å². The molecule has 7 heteroatoms. The molecule has 0 aliphatic heterocycles. The molecule has 0 rings (SSSR count). The molecule has 47 valence electrons. The fourth-order valence-electron chi connectivity index (χ4n) is 0. The van der Waals surface area contributed by atoms with E-state index in [1.54, 1.807) is 0 Å². The minimum absolute atomic E-state index is 0. The summed E-state index contributed by atoms with van der Waals surface area (Å²) in [7, 11) is -5.61. The Bertz CT molecular complexity index is 23.6. The molecule has 2 N–H and O–H groups in total. The molecule has 0 heterocycles. The fraction of sp³-hybridized carbons (Fsp3) is 0. The molecule has 0 saturated carbocycles. The van der Waals surface area contributed by atoms with E-state index >= 15 is 0 Å². The van der Waals surface area contributed by atoms with E-state index in [0.717, 1.165) is 0 Å². The van der Waals surface area contributed by atoms with Gasteiger partial charge in [-0.1, -0.05) is 0 Å². The van der Waals surface area contributed by atoms with Gasteiger partial charge in [-0.3, -0.25) is 0 Å². The van der Waals surface area contributed by atoms with Gasteiger partial charge in [0.2, 0.25) is 0 Å². The van der Waals surface area contributed by atoms with E-state index in [2.05, 4.69) is 0 Å². The van der Waals surface area contributed by atoms with Crippen molar-refractivity contribution in [3.8, 4) is 0 Å². The van der Waals surface area contributed by atoms with Crippen molar-refractivity contribution in [3.63, 3.8) is 0 Å².